The SMILES string of the molecule is Cn1cc(CN2CCC(Cc3cc(Nc4cnccn4)ncn3)CC2)cn1. The molecule has 0 spiro atoms. The maximum Gasteiger partial charge on any atom is 0.150 e. The molecular formula is C19H24N8. The summed E-state index contributed by atoms with van der Waals surface area (Å²) >= 11 is 0. The fourth-order valence-corrected chi connectivity index (χ4v) is 3.53. The van der Waals surface area contributed by atoms with E-state index in [9.17, 15) is 0 Å². The molecule has 3 aromatic heterocycles. The van der Waals surface area contributed by atoms with Crippen molar-refractivity contribution in [3.63, 3.8) is 0 Å². The molecule has 0 bridgehead atoms. The van der Waals surface area contributed by atoms with Gasteiger partial charge in [-0.3, -0.25) is 14.6 Å². The lowest BCUT2D eigenvalue weighted by atomic mass is 9.92. The van der Waals surface area contributed by atoms with E-state index in [4.69, 9.17) is 0 Å². The van der Waals surface area contributed by atoms with Crippen LogP contribution < -0.4 is 5.32 Å². The predicted octanol–water partition coefficient (Wildman–Crippen LogP) is 2.20. The summed E-state index contributed by atoms with van der Waals surface area (Å²) in [5.74, 6) is 2.11. The molecule has 0 radical (unpaired) electrons. The smallest absolute Gasteiger partial charge is 0.150 e. The number of likely N-dealkylation sites (tertiary alicyclic amines) is 1. The third-order valence-electron chi connectivity index (χ3n) is 4.91. The quantitative estimate of drug-likeness (QED) is 0.718. The van der Waals surface area contributed by atoms with Crippen LogP contribution in [0.25, 0.3) is 0 Å². The second-order valence-corrected chi connectivity index (χ2v) is 7.06. The molecule has 140 valence electrons. The Labute approximate surface area is 158 Å². The standard InChI is InChI=1S/C19H24N8/c1-26-12-16(10-24-26)13-27-6-2-15(3-7-27)8-17-9-18(23-14-22-17)25-19-11-20-4-5-21-19/h4-5,9-12,14-15H,2-3,6-8,13H2,1H3,(H,21,22,23,25). The summed E-state index contributed by atoms with van der Waals surface area (Å²) in [6.07, 6.45) is 14.0. The van der Waals surface area contributed by atoms with Gasteiger partial charge < -0.3 is 5.32 Å². The minimum absolute atomic E-state index is 0.661. The topological polar surface area (TPSA) is 84.7 Å². The largest absolute Gasteiger partial charge is 0.324 e. The molecule has 8 heteroatoms. The van der Waals surface area contributed by atoms with Gasteiger partial charge >= 0.3 is 0 Å². The van der Waals surface area contributed by atoms with E-state index < -0.39 is 0 Å². The van der Waals surface area contributed by atoms with E-state index in [0.29, 0.717) is 11.7 Å². The van der Waals surface area contributed by atoms with Crippen LogP contribution in [-0.2, 0) is 20.0 Å². The zero-order valence-electron chi connectivity index (χ0n) is 15.5. The van der Waals surface area contributed by atoms with Crippen LogP contribution in [-0.4, -0.2) is 47.7 Å². The van der Waals surface area contributed by atoms with Crippen molar-refractivity contribution in [2.24, 2.45) is 13.0 Å². The summed E-state index contributed by atoms with van der Waals surface area (Å²) in [5.41, 5.74) is 2.36. The first-order valence-electron chi connectivity index (χ1n) is 9.28. The summed E-state index contributed by atoms with van der Waals surface area (Å²) in [4.78, 5) is 19.5. The Kier molecular flexibility index (Phi) is 5.34. The van der Waals surface area contributed by atoms with Crippen LogP contribution in [0.15, 0.2) is 43.4 Å². The fourth-order valence-electron chi connectivity index (χ4n) is 3.53. The number of nitrogens with one attached hydrogen (secondary N) is 1. The Hall–Kier alpha value is -2.87. The van der Waals surface area contributed by atoms with Crippen molar-refractivity contribution in [3.05, 3.63) is 54.6 Å². The molecule has 8 nitrogen and oxygen atoms in total. The highest BCUT2D eigenvalue weighted by molar-refractivity contribution is 5.49. The second kappa shape index (κ2) is 8.22. The Bertz CT molecular complexity index is 855. The summed E-state index contributed by atoms with van der Waals surface area (Å²) < 4.78 is 1.86. The first-order chi connectivity index (χ1) is 13.2. The van der Waals surface area contributed by atoms with E-state index in [1.165, 1.54) is 18.4 Å². The molecule has 0 atom stereocenters. The zero-order valence-corrected chi connectivity index (χ0v) is 15.5. The van der Waals surface area contributed by atoms with Crippen LogP contribution in [0.4, 0.5) is 11.6 Å². The van der Waals surface area contributed by atoms with E-state index in [-0.39, 0.29) is 0 Å². The Morgan fingerprint density at radius 2 is 1.96 bits per heavy atom. The molecule has 1 N–H and O–H groups in total. The Morgan fingerprint density at radius 1 is 1.07 bits per heavy atom. The number of hydrogen-bond acceptors (Lipinski definition) is 7. The summed E-state index contributed by atoms with van der Waals surface area (Å²) in [6, 6.07) is 2.01. The maximum absolute atomic E-state index is 4.45. The predicted molar refractivity (Wildman–Crippen MR) is 102 cm³/mol. The lowest BCUT2D eigenvalue weighted by Crippen LogP contribution is -2.33. The first kappa shape index (κ1) is 17.5. The lowest BCUT2D eigenvalue weighted by molar-refractivity contribution is 0.176. The molecule has 1 saturated heterocycles. The minimum Gasteiger partial charge on any atom is -0.324 e. The number of aryl methyl sites for hydroxylation is 1. The molecule has 0 aromatic carbocycles. The van der Waals surface area contributed by atoms with Crippen molar-refractivity contribution < 1.29 is 0 Å². The number of rotatable bonds is 6. The van der Waals surface area contributed by atoms with Crippen molar-refractivity contribution in [3.8, 4) is 0 Å². The minimum atomic E-state index is 0.661. The number of nitrogens with zero attached hydrogens (tertiary/aromatic N) is 7. The third-order valence-corrected chi connectivity index (χ3v) is 4.91. The molecule has 1 fully saturated rings. The van der Waals surface area contributed by atoms with Crippen LogP contribution in [0.1, 0.15) is 24.1 Å². The second-order valence-electron chi connectivity index (χ2n) is 7.06. The first-order valence-corrected chi connectivity index (χ1v) is 9.28. The number of piperidine rings is 1. The average Bonchev–Trinajstić information content (AvgIpc) is 3.09. The molecule has 0 aliphatic carbocycles. The third kappa shape index (κ3) is 4.85. The van der Waals surface area contributed by atoms with E-state index in [1.54, 1.807) is 24.9 Å². The van der Waals surface area contributed by atoms with Gasteiger partial charge in [0.2, 0.25) is 0 Å². The molecule has 4 heterocycles. The Balaban J connectivity index is 1.29. The highest BCUT2D eigenvalue weighted by atomic mass is 15.2. The van der Waals surface area contributed by atoms with Crippen molar-refractivity contribution >= 4 is 11.6 Å². The molecular weight excluding hydrogens is 340 g/mol. The van der Waals surface area contributed by atoms with Crippen LogP contribution in [0, 0.1) is 5.92 Å². The summed E-state index contributed by atoms with van der Waals surface area (Å²) in [5, 5.41) is 7.43. The van der Waals surface area contributed by atoms with Gasteiger partial charge in [-0.15, -0.1) is 0 Å². The van der Waals surface area contributed by atoms with Gasteiger partial charge in [0.25, 0.3) is 0 Å². The van der Waals surface area contributed by atoms with Gasteiger partial charge in [-0.2, -0.15) is 5.10 Å². The van der Waals surface area contributed by atoms with Crippen molar-refractivity contribution in [1.29, 1.82) is 0 Å². The van der Waals surface area contributed by atoms with E-state index >= 15 is 0 Å². The summed E-state index contributed by atoms with van der Waals surface area (Å²) in [7, 11) is 1.96. The molecule has 3 aromatic rings. The highest BCUT2D eigenvalue weighted by Crippen LogP contribution is 2.23. The molecule has 0 unspecified atom stereocenters. The zero-order chi connectivity index (χ0) is 18.5. The van der Waals surface area contributed by atoms with Gasteiger partial charge in [-0.05, 0) is 38.3 Å². The van der Waals surface area contributed by atoms with Gasteiger partial charge in [-0.25, -0.2) is 15.0 Å². The highest BCUT2D eigenvalue weighted by Gasteiger charge is 2.20. The number of hydrogen-bond donors (Lipinski definition) is 1. The molecule has 0 saturated carbocycles. The van der Waals surface area contributed by atoms with Gasteiger partial charge in [-0.1, -0.05) is 0 Å². The number of anilines is 2. The summed E-state index contributed by atoms with van der Waals surface area (Å²) in [6.45, 7) is 3.23. The van der Waals surface area contributed by atoms with Gasteiger partial charge in [0.05, 0.1) is 12.4 Å². The fraction of sp³-hybridized carbons (Fsp3) is 0.421. The number of aromatic nitrogens is 6. The normalized spacial score (nSPS) is 15.7. The molecule has 1 aliphatic rings. The molecule has 1 aliphatic heterocycles. The maximum atomic E-state index is 4.45. The average molecular weight is 364 g/mol. The molecule has 0 amide bonds. The monoisotopic (exact) mass is 364 g/mol. The molecule has 27 heavy (non-hydrogen) atoms. The Morgan fingerprint density at radius 3 is 2.70 bits per heavy atom. The lowest BCUT2D eigenvalue weighted by Gasteiger charge is -2.31. The van der Waals surface area contributed by atoms with E-state index in [1.807, 2.05) is 24.0 Å². The van der Waals surface area contributed by atoms with Crippen LogP contribution >= 0.6 is 0 Å². The van der Waals surface area contributed by atoms with Gasteiger partial charge in [0, 0.05) is 49.5 Å². The molecule has 4 rings (SSSR count). The van der Waals surface area contributed by atoms with Gasteiger partial charge in [0.15, 0.2) is 0 Å². The van der Waals surface area contributed by atoms with Gasteiger partial charge in [0.1, 0.15) is 18.0 Å². The van der Waals surface area contributed by atoms with E-state index in [2.05, 4.69) is 41.4 Å². The van der Waals surface area contributed by atoms with Crippen molar-refractivity contribution in [2.45, 2.75) is 25.8 Å². The van der Waals surface area contributed by atoms with Crippen molar-refractivity contribution in [2.75, 3.05) is 18.4 Å². The van der Waals surface area contributed by atoms with Crippen molar-refractivity contribution in [1.82, 2.24) is 34.6 Å². The van der Waals surface area contributed by atoms with Crippen LogP contribution in [0.2, 0.25) is 0 Å². The van der Waals surface area contributed by atoms with Crippen LogP contribution in [0.3, 0.4) is 0 Å². The van der Waals surface area contributed by atoms with Crippen LogP contribution in [0.5, 0.6) is 0 Å². The van der Waals surface area contributed by atoms with E-state index in [0.717, 1.165) is 37.6 Å².